The number of aromatic nitrogens is 1. The second kappa shape index (κ2) is 6.89. The predicted molar refractivity (Wildman–Crippen MR) is 81.3 cm³/mol. The van der Waals surface area contributed by atoms with E-state index in [1.807, 2.05) is 24.5 Å². The SMILES string of the molecule is C=CC(c1ccccc1)c1cncc(CCCC)c1. The summed E-state index contributed by atoms with van der Waals surface area (Å²) in [5.41, 5.74) is 3.82. The molecule has 19 heavy (non-hydrogen) atoms. The number of unbranched alkanes of at least 4 members (excludes halogenated alkanes) is 1. The molecular formula is C18H21N. The summed E-state index contributed by atoms with van der Waals surface area (Å²) in [5.74, 6) is 0.232. The van der Waals surface area contributed by atoms with Crippen molar-refractivity contribution in [3.8, 4) is 0 Å². The van der Waals surface area contributed by atoms with E-state index in [1.165, 1.54) is 29.5 Å². The van der Waals surface area contributed by atoms with Gasteiger partial charge in [0.25, 0.3) is 0 Å². The molecule has 1 heterocycles. The number of hydrogen-bond acceptors (Lipinski definition) is 1. The molecule has 1 aromatic heterocycles. The van der Waals surface area contributed by atoms with E-state index in [4.69, 9.17) is 0 Å². The summed E-state index contributed by atoms with van der Waals surface area (Å²) in [4.78, 5) is 4.38. The van der Waals surface area contributed by atoms with Crippen LogP contribution in [-0.4, -0.2) is 4.98 Å². The lowest BCUT2D eigenvalue weighted by molar-refractivity contribution is 0.789. The molecule has 1 heteroatoms. The van der Waals surface area contributed by atoms with Crippen molar-refractivity contribution in [3.63, 3.8) is 0 Å². The molecule has 1 nitrogen and oxygen atoms in total. The Morgan fingerprint density at radius 2 is 1.95 bits per heavy atom. The van der Waals surface area contributed by atoms with Crippen molar-refractivity contribution < 1.29 is 0 Å². The third-order valence-electron chi connectivity index (χ3n) is 3.39. The van der Waals surface area contributed by atoms with E-state index in [0.717, 1.165) is 6.42 Å². The third kappa shape index (κ3) is 3.54. The lowest BCUT2D eigenvalue weighted by Gasteiger charge is -2.14. The number of nitrogens with zero attached hydrogens (tertiary/aromatic N) is 1. The van der Waals surface area contributed by atoms with Crippen LogP contribution in [0, 0.1) is 0 Å². The molecule has 2 aromatic rings. The average Bonchev–Trinajstić information content (AvgIpc) is 2.47. The third-order valence-corrected chi connectivity index (χ3v) is 3.39. The molecule has 98 valence electrons. The monoisotopic (exact) mass is 251 g/mol. The van der Waals surface area contributed by atoms with Crippen molar-refractivity contribution in [2.45, 2.75) is 32.1 Å². The lowest BCUT2D eigenvalue weighted by atomic mass is 9.91. The second-order valence-corrected chi connectivity index (χ2v) is 4.85. The summed E-state index contributed by atoms with van der Waals surface area (Å²) >= 11 is 0. The smallest absolute Gasteiger partial charge is 0.0309 e. The molecule has 1 aromatic carbocycles. The van der Waals surface area contributed by atoms with Crippen LogP contribution in [0.15, 0.2) is 61.4 Å². The van der Waals surface area contributed by atoms with E-state index in [2.05, 4.69) is 48.8 Å². The highest BCUT2D eigenvalue weighted by Gasteiger charge is 2.10. The maximum Gasteiger partial charge on any atom is 0.0309 e. The van der Waals surface area contributed by atoms with Gasteiger partial charge in [0.15, 0.2) is 0 Å². The molecule has 0 saturated heterocycles. The highest BCUT2D eigenvalue weighted by atomic mass is 14.6. The van der Waals surface area contributed by atoms with Gasteiger partial charge in [-0.2, -0.15) is 0 Å². The van der Waals surface area contributed by atoms with Crippen LogP contribution in [0.25, 0.3) is 0 Å². The fourth-order valence-electron chi connectivity index (χ4n) is 2.32. The Bertz CT molecular complexity index is 516. The van der Waals surface area contributed by atoms with Gasteiger partial charge in [-0.15, -0.1) is 6.58 Å². The van der Waals surface area contributed by atoms with Crippen LogP contribution in [0.1, 0.15) is 42.4 Å². The maximum atomic E-state index is 4.38. The Morgan fingerprint density at radius 3 is 2.63 bits per heavy atom. The topological polar surface area (TPSA) is 12.9 Å². The Kier molecular flexibility index (Phi) is 4.91. The first-order valence-corrected chi connectivity index (χ1v) is 6.96. The summed E-state index contributed by atoms with van der Waals surface area (Å²) in [6.45, 7) is 6.19. The number of pyridine rings is 1. The summed E-state index contributed by atoms with van der Waals surface area (Å²) in [5, 5.41) is 0. The molecule has 0 aliphatic rings. The molecule has 0 N–H and O–H groups in total. The number of allylic oxidation sites excluding steroid dienone is 1. The number of aryl methyl sites for hydroxylation is 1. The molecule has 2 rings (SSSR count). The average molecular weight is 251 g/mol. The summed E-state index contributed by atoms with van der Waals surface area (Å²) in [7, 11) is 0. The van der Waals surface area contributed by atoms with E-state index in [9.17, 15) is 0 Å². The molecule has 0 aliphatic carbocycles. The number of benzene rings is 1. The minimum atomic E-state index is 0.232. The van der Waals surface area contributed by atoms with E-state index in [-0.39, 0.29) is 5.92 Å². The molecule has 0 aliphatic heterocycles. The van der Waals surface area contributed by atoms with E-state index in [1.54, 1.807) is 0 Å². The van der Waals surface area contributed by atoms with Crippen molar-refractivity contribution in [1.82, 2.24) is 4.98 Å². The summed E-state index contributed by atoms with van der Waals surface area (Å²) in [6, 6.07) is 12.7. The van der Waals surface area contributed by atoms with Crippen LogP contribution in [-0.2, 0) is 6.42 Å². The van der Waals surface area contributed by atoms with Crippen molar-refractivity contribution in [3.05, 3.63) is 78.1 Å². The first-order valence-electron chi connectivity index (χ1n) is 6.96. The standard InChI is InChI=1S/C18H21N/c1-3-5-9-15-12-17(14-19-13-15)18(4-2)16-10-7-6-8-11-16/h4,6-8,10-14,18H,2-3,5,9H2,1H3. The highest BCUT2D eigenvalue weighted by Crippen LogP contribution is 2.25. The van der Waals surface area contributed by atoms with Gasteiger partial charge in [-0.25, -0.2) is 0 Å². The van der Waals surface area contributed by atoms with Gasteiger partial charge >= 0.3 is 0 Å². The molecule has 1 atom stereocenters. The Hall–Kier alpha value is -1.89. The van der Waals surface area contributed by atoms with Gasteiger partial charge in [0.2, 0.25) is 0 Å². The Balaban J connectivity index is 2.26. The lowest BCUT2D eigenvalue weighted by Crippen LogP contribution is -1.99. The summed E-state index contributed by atoms with van der Waals surface area (Å²) in [6.07, 6.45) is 9.47. The zero-order valence-electron chi connectivity index (χ0n) is 11.5. The zero-order chi connectivity index (χ0) is 13.5. The minimum Gasteiger partial charge on any atom is -0.264 e. The van der Waals surface area contributed by atoms with Crippen LogP contribution < -0.4 is 0 Å². The Labute approximate surface area is 116 Å². The number of rotatable bonds is 6. The van der Waals surface area contributed by atoms with Gasteiger partial charge < -0.3 is 0 Å². The van der Waals surface area contributed by atoms with Crippen molar-refractivity contribution >= 4 is 0 Å². The van der Waals surface area contributed by atoms with E-state index >= 15 is 0 Å². The molecule has 0 bridgehead atoms. The van der Waals surface area contributed by atoms with Gasteiger partial charge in [-0.1, -0.05) is 55.8 Å². The highest BCUT2D eigenvalue weighted by molar-refractivity contribution is 5.36. The zero-order valence-corrected chi connectivity index (χ0v) is 11.5. The van der Waals surface area contributed by atoms with Crippen LogP contribution in [0.4, 0.5) is 0 Å². The van der Waals surface area contributed by atoms with Crippen molar-refractivity contribution in [2.24, 2.45) is 0 Å². The van der Waals surface area contributed by atoms with Crippen LogP contribution in [0.2, 0.25) is 0 Å². The van der Waals surface area contributed by atoms with Crippen molar-refractivity contribution in [2.75, 3.05) is 0 Å². The fraction of sp³-hybridized carbons (Fsp3) is 0.278. The van der Waals surface area contributed by atoms with Crippen LogP contribution >= 0.6 is 0 Å². The van der Waals surface area contributed by atoms with E-state index in [0.29, 0.717) is 0 Å². The van der Waals surface area contributed by atoms with Gasteiger partial charge in [-0.05, 0) is 29.5 Å². The largest absolute Gasteiger partial charge is 0.264 e. The van der Waals surface area contributed by atoms with E-state index < -0.39 is 0 Å². The second-order valence-electron chi connectivity index (χ2n) is 4.85. The molecule has 0 spiro atoms. The molecule has 0 amide bonds. The summed E-state index contributed by atoms with van der Waals surface area (Å²) < 4.78 is 0. The maximum absolute atomic E-state index is 4.38. The molecule has 0 radical (unpaired) electrons. The van der Waals surface area contributed by atoms with Gasteiger partial charge in [0.05, 0.1) is 0 Å². The van der Waals surface area contributed by atoms with Crippen molar-refractivity contribution in [1.29, 1.82) is 0 Å². The first-order chi connectivity index (χ1) is 9.35. The Morgan fingerprint density at radius 1 is 1.16 bits per heavy atom. The number of hydrogen-bond donors (Lipinski definition) is 0. The minimum absolute atomic E-state index is 0.232. The quantitative estimate of drug-likeness (QED) is 0.676. The van der Waals surface area contributed by atoms with Gasteiger partial charge in [-0.3, -0.25) is 4.98 Å². The molecule has 0 saturated carbocycles. The predicted octanol–water partition coefficient (Wildman–Crippen LogP) is 4.74. The van der Waals surface area contributed by atoms with Gasteiger partial charge in [0, 0.05) is 18.3 Å². The first kappa shape index (κ1) is 13.5. The van der Waals surface area contributed by atoms with Gasteiger partial charge in [0.1, 0.15) is 0 Å². The molecular weight excluding hydrogens is 230 g/mol. The van der Waals surface area contributed by atoms with Crippen LogP contribution in [0.5, 0.6) is 0 Å². The van der Waals surface area contributed by atoms with Crippen LogP contribution in [0.3, 0.4) is 0 Å². The molecule has 0 fully saturated rings. The molecule has 1 unspecified atom stereocenters. The normalized spacial score (nSPS) is 12.1. The fourth-order valence-corrected chi connectivity index (χ4v) is 2.32.